The second kappa shape index (κ2) is 5.31. The Hall–Kier alpha value is -2.37. The molecule has 0 atom stereocenters. The van der Waals surface area contributed by atoms with Crippen LogP contribution >= 0.6 is 11.3 Å². The van der Waals surface area contributed by atoms with Gasteiger partial charge >= 0.3 is 0 Å². The van der Waals surface area contributed by atoms with E-state index in [0.717, 1.165) is 4.88 Å². The van der Waals surface area contributed by atoms with Gasteiger partial charge in [0.1, 0.15) is 28.4 Å². The minimum Gasteiger partial charge on any atom is -0.379 e. The summed E-state index contributed by atoms with van der Waals surface area (Å²) >= 11 is 1.37. The second-order valence-electron chi connectivity index (χ2n) is 3.51. The molecule has 1 N–H and O–H groups in total. The molecule has 0 fully saturated rings. The summed E-state index contributed by atoms with van der Waals surface area (Å²) in [5.74, 6) is -0.536. The minimum atomic E-state index is -0.536. The Morgan fingerprint density at radius 3 is 2.67 bits per heavy atom. The van der Waals surface area contributed by atoms with E-state index in [-0.39, 0.29) is 5.56 Å². The number of nitrogens with one attached hydrogen (secondary N) is 1. The molecule has 0 bridgehead atoms. The number of hydrogen-bond acceptors (Lipinski definition) is 4. The Labute approximate surface area is 108 Å². The Bertz CT molecular complexity index is 649. The van der Waals surface area contributed by atoms with Gasteiger partial charge in [-0.2, -0.15) is 10.5 Å². The number of thiophene rings is 1. The molecule has 0 aliphatic rings. The molecule has 2 aromatic rings. The lowest BCUT2D eigenvalue weighted by Gasteiger charge is -2.06. The molecule has 1 heterocycles. The van der Waals surface area contributed by atoms with E-state index in [0.29, 0.717) is 17.1 Å². The maximum Gasteiger partial charge on any atom is 0.143 e. The van der Waals surface area contributed by atoms with Crippen LogP contribution in [0.2, 0.25) is 0 Å². The molecule has 0 unspecified atom stereocenters. The summed E-state index contributed by atoms with van der Waals surface area (Å²) in [5.41, 5.74) is 0.471. The average molecular weight is 257 g/mol. The van der Waals surface area contributed by atoms with Gasteiger partial charge < -0.3 is 5.32 Å². The van der Waals surface area contributed by atoms with E-state index in [1.54, 1.807) is 18.2 Å². The highest BCUT2D eigenvalue weighted by Gasteiger charge is 2.07. The first-order valence-electron chi connectivity index (χ1n) is 5.16. The van der Waals surface area contributed by atoms with Crippen molar-refractivity contribution in [1.29, 1.82) is 10.5 Å². The molecule has 0 radical (unpaired) electrons. The topological polar surface area (TPSA) is 59.6 Å². The lowest BCUT2D eigenvalue weighted by atomic mass is 10.2. The van der Waals surface area contributed by atoms with Gasteiger partial charge in [0.2, 0.25) is 0 Å². The quantitative estimate of drug-likeness (QED) is 0.918. The molecule has 0 spiro atoms. The van der Waals surface area contributed by atoms with E-state index in [1.165, 1.54) is 17.4 Å². The van der Waals surface area contributed by atoms with Gasteiger partial charge in [-0.25, -0.2) is 4.39 Å². The van der Waals surface area contributed by atoms with Crippen molar-refractivity contribution < 1.29 is 4.39 Å². The summed E-state index contributed by atoms with van der Waals surface area (Å²) in [6.45, 7) is 0.463. The lowest BCUT2D eigenvalue weighted by Crippen LogP contribution is -2.00. The van der Waals surface area contributed by atoms with Crippen molar-refractivity contribution in [3.63, 3.8) is 0 Å². The van der Waals surface area contributed by atoms with Crippen LogP contribution in [0.4, 0.5) is 10.1 Å². The van der Waals surface area contributed by atoms with Gasteiger partial charge in [0.25, 0.3) is 0 Å². The SMILES string of the molecule is N#Cc1ccc(CNc2cccc(F)c2C#N)s1. The summed E-state index contributed by atoms with van der Waals surface area (Å²) in [5, 5.41) is 20.6. The summed E-state index contributed by atoms with van der Waals surface area (Å²) in [4.78, 5) is 1.59. The Morgan fingerprint density at radius 2 is 2.00 bits per heavy atom. The molecule has 0 aliphatic heterocycles. The van der Waals surface area contributed by atoms with Crippen LogP contribution in [0.25, 0.3) is 0 Å². The predicted molar refractivity (Wildman–Crippen MR) is 67.5 cm³/mol. The fourth-order valence-electron chi connectivity index (χ4n) is 1.50. The molecule has 0 aliphatic carbocycles. The normalized spacial score (nSPS) is 9.50. The van der Waals surface area contributed by atoms with Gasteiger partial charge in [0, 0.05) is 11.4 Å². The van der Waals surface area contributed by atoms with Crippen LogP contribution in [0.5, 0.6) is 0 Å². The average Bonchev–Trinajstić information content (AvgIpc) is 2.84. The Kier molecular flexibility index (Phi) is 3.57. The van der Waals surface area contributed by atoms with Crippen LogP contribution in [-0.4, -0.2) is 0 Å². The highest BCUT2D eigenvalue weighted by Crippen LogP contribution is 2.21. The Morgan fingerprint density at radius 1 is 1.17 bits per heavy atom. The molecular weight excluding hydrogens is 249 g/mol. The monoisotopic (exact) mass is 257 g/mol. The molecule has 0 saturated carbocycles. The zero-order chi connectivity index (χ0) is 13.0. The van der Waals surface area contributed by atoms with Crippen molar-refractivity contribution in [2.24, 2.45) is 0 Å². The second-order valence-corrected chi connectivity index (χ2v) is 4.67. The predicted octanol–water partition coefficient (Wildman–Crippen LogP) is 3.24. The fraction of sp³-hybridized carbons (Fsp3) is 0.0769. The number of rotatable bonds is 3. The van der Waals surface area contributed by atoms with E-state index in [2.05, 4.69) is 11.4 Å². The van der Waals surface area contributed by atoms with Gasteiger partial charge in [0.15, 0.2) is 0 Å². The van der Waals surface area contributed by atoms with Crippen molar-refractivity contribution >= 4 is 17.0 Å². The van der Waals surface area contributed by atoms with Gasteiger partial charge in [-0.05, 0) is 24.3 Å². The largest absolute Gasteiger partial charge is 0.379 e. The first kappa shape index (κ1) is 12.1. The number of benzene rings is 1. The number of anilines is 1. The van der Waals surface area contributed by atoms with Gasteiger partial charge in [-0.1, -0.05) is 6.07 Å². The molecule has 88 valence electrons. The number of hydrogen-bond donors (Lipinski definition) is 1. The maximum atomic E-state index is 13.3. The zero-order valence-electron chi connectivity index (χ0n) is 9.27. The van der Waals surface area contributed by atoms with E-state index in [1.807, 2.05) is 12.1 Å². The van der Waals surface area contributed by atoms with Crippen molar-refractivity contribution in [2.45, 2.75) is 6.54 Å². The van der Waals surface area contributed by atoms with Crippen LogP contribution in [0, 0.1) is 28.5 Å². The van der Waals surface area contributed by atoms with Gasteiger partial charge in [-0.15, -0.1) is 11.3 Å². The van der Waals surface area contributed by atoms with E-state index in [4.69, 9.17) is 10.5 Å². The number of nitrogens with zero attached hydrogens (tertiary/aromatic N) is 2. The Balaban J connectivity index is 2.14. The van der Waals surface area contributed by atoms with Crippen LogP contribution < -0.4 is 5.32 Å². The molecule has 18 heavy (non-hydrogen) atoms. The first-order valence-corrected chi connectivity index (χ1v) is 5.97. The summed E-state index contributed by atoms with van der Waals surface area (Å²) in [6.07, 6.45) is 0. The van der Waals surface area contributed by atoms with Crippen LogP contribution in [-0.2, 0) is 6.54 Å². The minimum absolute atomic E-state index is 0.00885. The fourth-order valence-corrected chi connectivity index (χ4v) is 2.25. The smallest absolute Gasteiger partial charge is 0.143 e. The molecule has 1 aromatic heterocycles. The number of halogens is 1. The molecule has 1 aromatic carbocycles. The van der Waals surface area contributed by atoms with Crippen LogP contribution in [0.3, 0.4) is 0 Å². The third kappa shape index (κ3) is 2.48. The highest BCUT2D eigenvalue weighted by atomic mass is 32.1. The van der Waals surface area contributed by atoms with Crippen LogP contribution in [0.1, 0.15) is 15.3 Å². The van der Waals surface area contributed by atoms with Gasteiger partial charge in [0.05, 0.1) is 5.69 Å². The van der Waals surface area contributed by atoms with Crippen molar-refractivity contribution in [3.8, 4) is 12.1 Å². The van der Waals surface area contributed by atoms with E-state index < -0.39 is 5.82 Å². The van der Waals surface area contributed by atoms with Crippen molar-refractivity contribution in [2.75, 3.05) is 5.32 Å². The molecule has 2 rings (SSSR count). The molecule has 3 nitrogen and oxygen atoms in total. The summed E-state index contributed by atoms with van der Waals surface area (Å²) in [6, 6.07) is 11.9. The molecule has 5 heteroatoms. The van der Waals surface area contributed by atoms with Crippen molar-refractivity contribution in [3.05, 3.63) is 51.5 Å². The summed E-state index contributed by atoms with van der Waals surface area (Å²) < 4.78 is 13.3. The highest BCUT2D eigenvalue weighted by molar-refractivity contribution is 7.12. The lowest BCUT2D eigenvalue weighted by molar-refractivity contribution is 0.624. The molecular formula is C13H8FN3S. The number of nitriles is 2. The van der Waals surface area contributed by atoms with E-state index >= 15 is 0 Å². The third-order valence-corrected chi connectivity index (χ3v) is 3.34. The molecule has 0 amide bonds. The molecule has 0 saturated heterocycles. The standard InChI is InChI=1S/C13H8FN3S/c14-12-2-1-3-13(11(12)7-16)17-8-10-5-4-9(6-15)18-10/h1-5,17H,8H2. The zero-order valence-corrected chi connectivity index (χ0v) is 10.1. The van der Waals surface area contributed by atoms with Crippen LogP contribution in [0.15, 0.2) is 30.3 Å². The van der Waals surface area contributed by atoms with Crippen molar-refractivity contribution in [1.82, 2.24) is 0 Å². The first-order chi connectivity index (χ1) is 8.74. The third-order valence-electron chi connectivity index (χ3n) is 2.35. The van der Waals surface area contributed by atoms with Gasteiger partial charge in [-0.3, -0.25) is 0 Å². The summed E-state index contributed by atoms with van der Waals surface area (Å²) in [7, 11) is 0. The maximum absolute atomic E-state index is 13.3. The van der Waals surface area contributed by atoms with E-state index in [9.17, 15) is 4.39 Å².